The summed E-state index contributed by atoms with van der Waals surface area (Å²) >= 11 is 0. The number of aryl methyl sites for hydroxylation is 3. The smallest absolute Gasteiger partial charge is 0.162 e. The van der Waals surface area contributed by atoms with E-state index in [-0.39, 0.29) is 41.3 Å². The summed E-state index contributed by atoms with van der Waals surface area (Å²) in [6.45, 7) is 3.67. The zero-order valence-electron chi connectivity index (χ0n) is 16.6. The quantitative estimate of drug-likeness (QED) is 0.449. The van der Waals surface area contributed by atoms with E-state index in [0.717, 1.165) is 25.7 Å². The first-order valence-corrected chi connectivity index (χ1v) is 10.3. The minimum absolute atomic E-state index is 0.0697. The van der Waals surface area contributed by atoms with E-state index >= 15 is 0 Å². The van der Waals surface area contributed by atoms with Gasteiger partial charge in [0.2, 0.25) is 0 Å². The van der Waals surface area contributed by atoms with Gasteiger partial charge in [-0.1, -0.05) is 31.9 Å². The Morgan fingerprint density at radius 1 is 0.821 bits per heavy atom. The number of rotatable bonds is 6. The molecular weight excluding hydrogens is 364 g/mol. The molecule has 0 aromatic heterocycles. The van der Waals surface area contributed by atoms with E-state index in [4.69, 9.17) is 0 Å². The first-order chi connectivity index (χ1) is 13.4. The van der Waals surface area contributed by atoms with Gasteiger partial charge in [0, 0.05) is 0 Å². The van der Waals surface area contributed by atoms with Crippen LogP contribution in [0.2, 0.25) is 0 Å². The second kappa shape index (κ2) is 9.11. The maximum absolute atomic E-state index is 14.7. The molecular formula is C24H28F4. The van der Waals surface area contributed by atoms with Crippen molar-refractivity contribution in [1.29, 1.82) is 0 Å². The molecule has 0 nitrogen and oxygen atoms in total. The third-order valence-electron chi connectivity index (χ3n) is 6.17. The lowest BCUT2D eigenvalue weighted by molar-refractivity contribution is 0.304. The highest BCUT2D eigenvalue weighted by molar-refractivity contribution is 5.31. The molecule has 0 radical (unpaired) electrons. The van der Waals surface area contributed by atoms with Crippen LogP contribution < -0.4 is 0 Å². The molecule has 0 spiro atoms. The van der Waals surface area contributed by atoms with E-state index in [2.05, 4.69) is 6.92 Å². The summed E-state index contributed by atoms with van der Waals surface area (Å²) in [6.07, 6.45) is 6.56. The maximum Gasteiger partial charge on any atom is 0.162 e. The van der Waals surface area contributed by atoms with Crippen LogP contribution in [-0.4, -0.2) is 0 Å². The highest BCUT2D eigenvalue weighted by Gasteiger charge is 2.25. The summed E-state index contributed by atoms with van der Waals surface area (Å²) in [7, 11) is 0. The van der Waals surface area contributed by atoms with Crippen LogP contribution in [-0.2, 0) is 12.8 Å². The van der Waals surface area contributed by atoms with Crippen molar-refractivity contribution in [3.05, 3.63) is 69.8 Å². The van der Waals surface area contributed by atoms with Crippen molar-refractivity contribution in [2.24, 2.45) is 5.92 Å². The first-order valence-electron chi connectivity index (χ1n) is 10.3. The van der Waals surface area contributed by atoms with Gasteiger partial charge in [-0.25, -0.2) is 17.6 Å². The molecule has 3 rings (SSSR count). The highest BCUT2D eigenvalue weighted by Crippen LogP contribution is 2.39. The van der Waals surface area contributed by atoms with Crippen LogP contribution in [0.15, 0.2) is 24.3 Å². The van der Waals surface area contributed by atoms with Gasteiger partial charge in [-0.15, -0.1) is 0 Å². The molecule has 0 amide bonds. The predicted molar refractivity (Wildman–Crippen MR) is 104 cm³/mol. The molecule has 28 heavy (non-hydrogen) atoms. The molecule has 0 heterocycles. The van der Waals surface area contributed by atoms with Gasteiger partial charge >= 0.3 is 0 Å². The van der Waals surface area contributed by atoms with Gasteiger partial charge in [-0.2, -0.15) is 0 Å². The molecule has 152 valence electrons. The fourth-order valence-corrected chi connectivity index (χ4v) is 4.43. The average Bonchev–Trinajstić information content (AvgIpc) is 2.69. The third kappa shape index (κ3) is 4.59. The summed E-state index contributed by atoms with van der Waals surface area (Å²) in [5, 5.41) is 0. The number of hydrogen-bond acceptors (Lipinski definition) is 0. The topological polar surface area (TPSA) is 0 Å². The summed E-state index contributed by atoms with van der Waals surface area (Å²) in [4.78, 5) is 0. The Balaban J connectivity index is 1.70. The van der Waals surface area contributed by atoms with Crippen LogP contribution in [0.5, 0.6) is 0 Å². The Bertz CT molecular complexity index is 820. The Hall–Kier alpha value is -1.84. The van der Waals surface area contributed by atoms with Gasteiger partial charge in [0.15, 0.2) is 11.6 Å². The van der Waals surface area contributed by atoms with Crippen molar-refractivity contribution in [1.82, 2.24) is 0 Å². The van der Waals surface area contributed by atoms with Crippen molar-refractivity contribution in [2.75, 3.05) is 0 Å². The van der Waals surface area contributed by atoms with Crippen LogP contribution in [0, 0.1) is 36.1 Å². The fourth-order valence-electron chi connectivity index (χ4n) is 4.43. The predicted octanol–water partition coefficient (Wildman–Crippen LogP) is 7.41. The zero-order chi connectivity index (χ0) is 20.3. The van der Waals surface area contributed by atoms with Crippen LogP contribution >= 0.6 is 0 Å². The summed E-state index contributed by atoms with van der Waals surface area (Å²) in [5.41, 5.74) is 1.09. The van der Waals surface area contributed by atoms with Crippen molar-refractivity contribution in [3.63, 3.8) is 0 Å². The minimum Gasteiger partial charge on any atom is -0.207 e. The number of hydrogen-bond donors (Lipinski definition) is 0. The largest absolute Gasteiger partial charge is 0.207 e. The Labute approximate surface area is 165 Å². The van der Waals surface area contributed by atoms with Gasteiger partial charge in [-0.3, -0.25) is 0 Å². The van der Waals surface area contributed by atoms with Gasteiger partial charge in [0.05, 0.1) is 0 Å². The van der Waals surface area contributed by atoms with E-state index in [1.54, 1.807) is 0 Å². The third-order valence-corrected chi connectivity index (χ3v) is 6.17. The lowest BCUT2D eigenvalue weighted by Gasteiger charge is -2.29. The molecule has 2 aromatic carbocycles. The Morgan fingerprint density at radius 3 is 2.18 bits per heavy atom. The van der Waals surface area contributed by atoms with Crippen LogP contribution in [0.4, 0.5) is 17.6 Å². The molecule has 2 aromatic rings. The van der Waals surface area contributed by atoms with Crippen molar-refractivity contribution >= 4 is 0 Å². The molecule has 1 fully saturated rings. The minimum atomic E-state index is -0.902. The second-order valence-electron chi connectivity index (χ2n) is 8.14. The monoisotopic (exact) mass is 392 g/mol. The molecule has 0 atom stereocenters. The maximum atomic E-state index is 14.7. The van der Waals surface area contributed by atoms with Crippen LogP contribution in [0.3, 0.4) is 0 Å². The van der Waals surface area contributed by atoms with Crippen LogP contribution in [0.25, 0.3) is 0 Å². The lowest BCUT2D eigenvalue weighted by atomic mass is 9.77. The Morgan fingerprint density at radius 2 is 1.50 bits per heavy atom. The van der Waals surface area contributed by atoms with E-state index in [0.29, 0.717) is 11.5 Å². The molecule has 1 aliphatic rings. The number of halogens is 4. The molecule has 1 saturated carbocycles. The van der Waals surface area contributed by atoms with Crippen molar-refractivity contribution < 1.29 is 17.6 Å². The van der Waals surface area contributed by atoms with E-state index in [1.165, 1.54) is 44.0 Å². The first kappa shape index (κ1) is 20.9. The van der Waals surface area contributed by atoms with E-state index < -0.39 is 17.5 Å². The van der Waals surface area contributed by atoms with Gasteiger partial charge in [0.25, 0.3) is 0 Å². The summed E-state index contributed by atoms with van der Waals surface area (Å²) < 4.78 is 57.0. The molecule has 0 unspecified atom stereocenters. The molecule has 0 saturated heterocycles. The van der Waals surface area contributed by atoms with Crippen LogP contribution in [0.1, 0.15) is 73.6 Å². The standard InChI is InChI=1S/C24H28F4/c1-3-4-16-6-9-17(10-7-16)20-14-21(25)19(13-22(20)26)12-11-18-8-5-15(2)23(27)24(18)28/h5,8,13-14,16-17H,3-4,6-7,9-12H2,1-2H3. The summed E-state index contributed by atoms with van der Waals surface area (Å²) in [5.74, 6) is -1.84. The summed E-state index contributed by atoms with van der Waals surface area (Å²) in [6, 6.07) is 5.57. The van der Waals surface area contributed by atoms with E-state index in [9.17, 15) is 17.6 Å². The van der Waals surface area contributed by atoms with Gasteiger partial charge in [-0.05, 0) is 91.7 Å². The molecule has 0 bridgehead atoms. The molecule has 1 aliphatic carbocycles. The average molecular weight is 392 g/mol. The SMILES string of the molecule is CCCC1CCC(c2cc(F)c(CCc3ccc(C)c(F)c3F)cc2F)CC1. The Kier molecular flexibility index (Phi) is 6.79. The van der Waals surface area contributed by atoms with Gasteiger partial charge in [0.1, 0.15) is 11.6 Å². The zero-order valence-corrected chi connectivity index (χ0v) is 16.6. The normalized spacial score (nSPS) is 19.8. The van der Waals surface area contributed by atoms with Crippen molar-refractivity contribution in [2.45, 2.75) is 71.1 Å². The number of benzene rings is 2. The van der Waals surface area contributed by atoms with E-state index in [1.807, 2.05) is 0 Å². The molecule has 4 heteroatoms. The fraction of sp³-hybridized carbons (Fsp3) is 0.500. The van der Waals surface area contributed by atoms with Gasteiger partial charge < -0.3 is 0 Å². The lowest BCUT2D eigenvalue weighted by Crippen LogP contribution is -2.15. The van der Waals surface area contributed by atoms with Crippen molar-refractivity contribution in [3.8, 4) is 0 Å². The molecule has 0 N–H and O–H groups in total. The second-order valence-corrected chi connectivity index (χ2v) is 8.14. The highest BCUT2D eigenvalue weighted by atomic mass is 19.2. The molecule has 0 aliphatic heterocycles.